The normalized spacial score (nSPS) is 13.5. The van der Waals surface area contributed by atoms with Crippen molar-refractivity contribution in [2.75, 3.05) is 5.32 Å². The summed E-state index contributed by atoms with van der Waals surface area (Å²) in [7, 11) is 0. The summed E-state index contributed by atoms with van der Waals surface area (Å²) < 4.78 is 11.7. The lowest BCUT2D eigenvalue weighted by Crippen LogP contribution is -2.13. The van der Waals surface area contributed by atoms with Gasteiger partial charge >= 0.3 is 0 Å². The quantitative estimate of drug-likeness (QED) is 0.489. The highest BCUT2D eigenvalue weighted by atomic mass is 16.5. The number of primary amides is 1. The second kappa shape index (κ2) is 10.6. The summed E-state index contributed by atoms with van der Waals surface area (Å²) in [6.07, 6.45) is 7.51. The molecule has 7 heteroatoms. The number of pyridine rings is 1. The number of amides is 2. The number of nitrogens with one attached hydrogen (secondary N) is 1. The molecule has 2 amide bonds. The molecule has 33 heavy (non-hydrogen) atoms. The first-order valence-electron chi connectivity index (χ1n) is 11.1. The minimum atomic E-state index is -0.528. The Labute approximate surface area is 192 Å². The number of aromatic nitrogens is 1. The maximum absolute atomic E-state index is 12.4. The van der Waals surface area contributed by atoms with Crippen molar-refractivity contribution in [2.45, 2.75) is 44.6 Å². The molecule has 2 aromatic carbocycles. The van der Waals surface area contributed by atoms with Crippen LogP contribution >= 0.6 is 0 Å². The van der Waals surface area contributed by atoms with Gasteiger partial charge < -0.3 is 20.5 Å². The van der Waals surface area contributed by atoms with Crippen LogP contribution < -0.4 is 20.5 Å². The van der Waals surface area contributed by atoms with Gasteiger partial charge in [-0.15, -0.1) is 0 Å². The van der Waals surface area contributed by atoms with Crippen molar-refractivity contribution >= 4 is 17.5 Å². The zero-order valence-electron chi connectivity index (χ0n) is 18.3. The molecule has 7 nitrogen and oxygen atoms in total. The van der Waals surface area contributed by atoms with Crippen LogP contribution in [0.25, 0.3) is 0 Å². The number of aryl methyl sites for hydroxylation is 1. The van der Waals surface area contributed by atoms with E-state index in [9.17, 15) is 9.59 Å². The van der Waals surface area contributed by atoms with Crippen LogP contribution in [0.5, 0.6) is 17.4 Å². The minimum Gasteiger partial charge on any atom is -0.490 e. The van der Waals surface area contributed by atoms with Gasteiger partial charge in [0, 0.05) is 18.1 Å². The number of anilines is 1. The molecule has 0 atom stereocenters. The first kappa shape index (κ1) is 22.3. The number of carbonyl (C=O) groups excluding carboxylic acids is 2. The van der Waals surface area contributed by atoms with Crippen molar-refractivity contribution in [3.05, 3.63) is 78.0 Å². The fourth-order valence-electron chi connectivity index (χ4n) is 3.80. The van der Waals surface area contributed by atoms with Crippen LogP contribution in [-0.2, 0) is 11.2 Å². The van der Waals surface area contributed by atoms with Crippen molar-refractivity contribution in [1.82, 2.24) is 4.98 Å². The summed E-state index contributed by atoms with van der Waals surface area (Å²) in [6.45, 7) is 0. The fourth-order valence-corrected chi connectivity index (χ4v) is 3.80. The summed E-state index contributed by atoms with van der Waals surface area (Å²) in [5, 5.41) is 2.85. The Balaban J connectivity index is 1.26. The standard InChI is InChI=1S/C26H27N3O4/c27-26(31)19-6-4-10-23(16-19)33-25-14-12-20(17-28-25)29-24(30)13-11-18-5-3-9-22(15-18)32-21-7-1-2-8-21/h3-6,9-10,12,14-17,21H,1-2,7-8,11,13H2,(H2,27,31)(H,29,30). The Morgan fingerprint density at radius 2 is 1.79 bits per heavy atom. The highest BCUT2D eigenvalue weighted by molar-refractivity contribution is 5.93. The molecular formula is C26H27N3O4. The van der Waals surface area contributed by atoms with E-state index in [2.05, 4.69) is 10.3 Å². The molecule has 1 saturated carbocycles. The lowest BCUT2D eigenvalue weighted by Gasteiger charge is -2.14. The lowest BCUT2D eigenvalue weighted by molar-refractivity contribution is -0.116. The third-order valence-corrected chi connectivity index (χ3v) is 5.51. The number of benzene rings is 2. The number of nitrogens with zero attached hydrogens (tertiary/aromatic N) is 1. The summed E-state index contributed by atoms with van der Waals surface area (Å²) in [5.41, 5.74) is 7.29. The Kier molecular flexibility index (Phi) is 7.19. The van der Waals surface area contributed by atoms with Gasteiger partial charge in [-0.1, -0.05) is 18.2 Å². The molecule has 0 bridgehead atoms. The summed E-state index contributed by atoms with van der Waals surface area (Å²) in [5.74, 6) is 1.05. The van der Waals surface area contributed by atoms with E-state index in [0.717, 1.165) is 24.2 Å². The summed E-state index contributed by atoms with van der Waals surface area (Å²) in [4.78, 5) is 27.9. The maximum Gasteiger partial charge on any atom is 0.248 e. The highest BCUT2D eigenvalue weighted by Gasteiger charge is 2.16. The van der Waals surface area contributed by atoms with Gasteiger partial charge in [0.15, 0.2) is 0 Å². The zero-order chi connectivity index (χ0) is 23.0. The van der Waals surface area contributed by atoms with Gasteiger partial charge in [0.2, 0.25) is 17.7 Å². The molecule has 4 rings (SSSR count). The molecule has 1 aromatic heterocycles. The topological polar surface area (TPSA) is 104 Å². The number of rotatable bonds is 9. The number of nitrogens with two attached hydrogens (primary N) is 1. The molecular weight excluding hydrogens is 418 g/mol. The maximum atomic E-state index is 12.4. The van der Waals surface area contributed by atoms with E-state index in [1.54, 1.807) is 36.4 Å². The number of carbonyl (C=O) groups is 2. The Bertz CT molecular complexity index is 1110. The molecule has 0 spiro atoms. The Morgan fingerprint density at radius 3 is 2.55 bits per heavy atom. The average Bonchev–Trinajstić information content (AvgIpc) is 3.32. The molecule has 0 unspecified atom stereocenters. The third kappa shape index (κ3) is 6.55. The molecule has 3 aromatic rings. The lowest BCUT2D eigenvalue weighted by atomic mass is 10.1. The predicted octanol–water partition coefficient (Wildman–Crippen LogP) is 4.87. The smallest absolute Gasteiger partial charge is 0.248 e. The molecule has 1 fully saturated rings. The molecule has 1 heterocycles. The van der Waals surface area contributed by atoms with Crippen LogP contribution in [0.15, 0.2) is 66.9 Å². The van der Waals surface area contributed by atoms with E-state index >= 15 is 0 Å². The number of hydrogen-bond acceptors (Lipinski definition) is 5. The number of ether oxygens (including phenoxy) is 2. The van der Waals surface area contributed by atoms with Crippen LogP contribution in [0.4, 0.5) is 5.69 Å². The van der Waals surface area contributed by atoms with Crippen LogP contribution in [0, 0.1) is 0 Å². The monoisotopic (exact) mass is 445 g/mol. The first-order chi connectivity index (χ1) is 16.0. The van der Waals surface area contributed by atoms with Gasteiger partial charge in [0.05, 0.1) is 18.0 Å². The van der Waals surface area contributed by atoms with Gasteiger partial charge in [0.1, 0.15) is 11.5 Å². The Morgan fingerprint density at radius 1 is 1.00 bits per heavy atom. The molecule has 170 valence electrons. The average molecular weight is 446 g/mol. The largest absolute Gasteiger partial charge is 0.490 e. The van der Waals surface area contributed by atoms with Crippen molar-refractivity contribution in [1.29, 1.82) is 0 Å². The molecule has 0 aliphatic heterocycles. The molecule has 0 radical (unpaired) electrons. The van der Waals surface area contributed by atoms with Crippen LogP contribution in [-0.4, -0.2) is 22.9 Å². The first-order valence-corrected chi connectivity index (χ1v) is 11.1. The van der Waals surface area contributed by atoms with Crippen LogP contribution in [0.2, 0.25) is 0 Å². The summed E-state index contributed by atoms with van der Waals surface area (Å²) >= 11 is 0. The molecule has 0 saturated heterocycles. The zero-order valence-corrected chi connectivity index (χ0v) is 18.3. The second-order valence-corrected chi connectivity index (χ2v) is 8.10. The highest BCUT2D eigenvalue weighted by Crippen LogP contribution is 2.25. The Hall–Kier alpha value is -3.87. The molecule has 1 aliphatic rings. The van der Waals surface area contributed by atoms with Crippen molar-refractivity contribution in [2.24, 2.45) is 5.73 Å². The van der Waals surface area contributed by atoms with E-state index in [4.69, 9.17) is 15.2 Å². The van der Waals surface area contributed by atoms with Gasteiger partial charge in [-0.05, 0) is 74.1 Å². The van der Waals surface area contributed by atoms with E-state index in [-0.39, 0.29) is 5.91 Å². The van der Waals surface area contributed by atoms with E-state index in [1.807, 2.05) is 24.3 Å². The minimum absolute atomic E-state index is 0.0956. The predicted molar refractivity (Wildman–Crippen MR) is 126 cm³/mol. The van der Waals surface area contributed by atoms with Gasteiger partial charge in [-0.2, -0.15) is 0 Å². The second-order valence-electron chi connectivity index (χ2n) is 8.10. The van der Waals surface area contributed by atoms with E-state index < -0.39 is 5.91 Å². The number of hydrogen-bond donors (Lipinski definition) is 2. The van der Waals surface area contributed by atoms with E-state index in [1.165, 1.54) is 19.0 Å². The van der Waals surface area contributed by atoms with Crippen LogP contribution in [0.3, 0.4) is 0 Å². The third-order valence-electron chi connectivity index (χ3n) is 5.51. The van der Waals surface area contributed by atoms with E-state index in [0.29, 0.717) is 41.8 Å². The van der Waals surface area contributed by atoms with Crippen LogP contribution in [0.1, 0.15) is 48.0 Å². The molecule has 1 aliphatic carbocycles. The van der Waals surface area contributed by atoms with Crippen molar-refractivity contribution in [3.8, 4) is 17.4 Å². The molecule has 3 N–H and O–H groups in total. The summed E-state index contributed by atoms with van der Waals surface area (Å²) in [6, 6.07) is 17.9. The fraction of sp³-hybridized carbons (Fsp3) is 0.269. The van der Waals surface area contributed by atoms with Crippen molar-refractivity contribution < 1.29 is 19.1 Å². The SMILES string of the molecule is NC(=O)c1cccc(Oc2ccc(NC(=O)CCc3cccc(OC4CCCC4)c3)cn2)c1. The van der Waals surface area contributed by atoms with Gasteiger partial charge in [-0.3, -0.25) is 9.59 Å². The van der Waals surface area contributed by atoms with Crippen molar-refractivity contribution in [3.63, 3.8) is 0 Å². The van der Waals surface area contributed by atoms with Gasteiger partial charge in [0.25, 0.3) is 0 Å². The van der Waals surface area contributed by atoms with Gasteiger partial charge in [-0.25, -0.2) is 4.98 Å².